The summed E-state index contributed by atoms with van der Waals surface area (Å²) in [4.78, 5) is 14.2. The molecule has 8 bridgehead atoms. The molecule has 2 aliphatic rings. The van der Waals surface area contributed by atoms with Crippen LogP contribution in [-0.4, -0.2) is 45.9 Å². The molecule has 5 heterocycles. The van der Waals surface area contributed by atoms with Gasteiger partial charge < -0.3 is 28.5 Å². The molecule has 0 atom stereocenters. The second-order valence-electron chi connectivity index (χ2n) is 16.5. The topological polar surface area (TPSA) is 83.4 Å². The van der Waals surface area contributed by atoms with E-state index in [2.05, 4.69) is 46.0 Å². The van der Waals surface area contributed by atoms with E-state index in [9.17, 15) is 0 Å². The summed E-state index contributed by atoms with van der Waals surface area (Å²) in [5.41, 5.74) is 18.1. The van der Waals surface area contributed by atoms with Crippen molar-refractivity contribution in [3.63, 3.8) is 0 Å². The number of fused-ring (bicyclic) bond motifs is 8. The van der Waals surface area contributed by atoms with Crippen LogP contribution < -0.4 is 18.9 Å². The van der Waals surface area contributed by atoms with Gasteiger partial charge in [0.2, 0.25) is 0 Å². The maximum Gasteiger partial charge on any atom is 0.143 e. The largest absolute Gasteiger partial charge is 0.493 e. The van der Waals surface area contributed by atoms with Crippen LogP contribution in [0.5, 0.6) is 23.0 Å². The molecule has 7 aromatic rings. The summed E-state index contributed by atoms with van der Waals surface area (Å²) in [7, 11) is 0. The van der Waals surface area contributed by atoms with Gasteiger partial charge in [-0.2, -0.15) is 0 Å². The van der Waals surface area contributed by atoms with Crippen LogP contribution >= 0.6 is 46.4 Å². The van der Waals surface area contributed by atoms with E-state index in [1.54, 1.807) is 0 Å². The number of halogens is 4. The fourth-order valence-electron chi connectivity index (χ4n) is 8.71. The fourth-order valence-corrected chi connectivity index (χ4v) is 9.21. The molecule has 1 radical (unpaired) electrons. The van der Waals surface area contributed by atoms with Gasteiger partial charge in [0.1, 0.15) is 23.0 Å². The van der Waals surface area contributed by atoms with Gasteiger partial charge in [-0.15, -0.1) is 0 Å². The van der Waals surface area contributed by atoms with Crippen LogP contribution in [0, 0.1) is 0 Å². The van der Waals surface area contributed by atoms with E-state index >= 15 is 0 Å². The minimum Gasteiger partial charge on any atom is -0.493 e. The molecule has 0 fully saturated rings. The standard InChI is InChI=1S/C60H50Cl4N4O4.Cu/c61-31-9-13-35-69-53-21-5-1-17-47(53)57-50-30-29-45(67-50)40-44-26-25-42(65-44)39-43-27-28-46(66-43)41-52-58(48-18-2-6-22-54(48)70-36-14-10-32-62)59(49-19-3-7-23-55(49)71-37-15-11-33-63)60(57)68(52)51-20-4-8-24-56(51)72-38-16-12-34-64;/h1-12,17-34,39-41,65H,13-16,35-38H2;. The van der Waals surface area contributed by atoms with Crippen molar-refractivity contribution in [3.8, 4) is 62.1 Å². The molecule has 0 saturated heterocycles. The quantitative estimate of drug-likeness (QED) is 0.0605. The van der Waals surface area contributed by atoms with E-state index in [1.807, 2.05) is 140 Å². The van der Waals surface area contributed by atoms with Crippen molar-refractivity contribution in [2.45, 2.75) is 25.7 Å². The van der Waals surface area contributed by atoms with Crippen LogP contribution in [0.25, 0.3) is 85.4 Å². The third-order valence-corrected chi connectivity index (χ3v) is 12.5. The average molecular weight is 1100 g/mol. The molecule has 1 N–H and O–H groups in total. The smallest absolute Gasteiger partial charge is 0.143 e. The molecule has 0 amide bonds. The Hall–Kier alpha value is -6.68. The third-order valence-electron chi connectivity index (χ3n) is 11.8. The Kier molecular flexibility index (Phi) is 19.0. The number of para-hydroxylation sites is 5. The van der Waals surface area contributed by atoms with Gasteiger partial charge in [-0.25, -0.2) is 9.97 Å². The van der Waals surface area contributed by atoms with Crippen molar-refractivity contribution >= 4 is 92.8 Å². The molecule has 2 aliphatic heterocycles. The number of ether oxygens (including phenoxy) is 4. The molecular weight excluding hydrogens is 1050 g/mol. The summed E-state index contributed by atoms with van der Waals surface area (Å²) in [6.45, 7) is 1.50. The first kappa shape index (κ1) is 52.6. The van der Waals surface area contributed by atoms with E-state index in [0.717, 1.165) is 78.2 Å². The van der Waals surface area contributed by atoms with Gasteiger partial charge in [-0.05, 0) is 85.0 Å². The van der Waals surface area contributed by atoms with Crippen molar-refractivity contribution in [2.24, 2.45) is 0 Å². The van der Waals surface area contributed by atoms with Gasteiger partial charge in [0.25, 0.3) is 0 Å². The van der Waals surface area contributed by atoms with Crippen molar-refractivity contribution in [1.29, 1.82) is 0 Å². The SMILES string of the molecule is ClC=CCCOc1ccccc1-c1c(-c2ccccc2OCCC=CCl)c2c(-c3ccccc3OCCC=CCl)c3nc(cc4ccc(cc5nc(cc1n2-c1ccccc1OCCC=CCl)C=C5)[nH]4)C=C3.[Cu]. The Labute approximate surface area is 456 Å². The second-order valence-corrected chi connectivity index (χ2v) is 17.5. The first-order valence-electron chi connectivity index (χ1n) is 23.6. The summed E-state index contributed by atoms with van der Waals surface area (Å²) < 4.78 is 29.3. The van der Waals surface area contributed by atoms with Gasteiger partial charge >= 0.3 is 0 Å². The summed E-state index contributed by atoms with van der Waals surface area (Å²) in [5.74, 6) is 2.62. The summed E-state index contributed by atoms with van der Waals surface area (Å²) in [5, 5.41) is 0. The minimum atomic E-state index is 0. The Balaban J connectivity index is 0.00000711. The number of aromatic nitrogens is 4. The number of hydrogen-bond donors (Lipinski definition) is 1. The number of rotatable bonds is 20. The average Bonchev–Trinajstić information content (AvgIpc) is 4.23. The zero-order valence-corrected chi connectivity index (χ0v) is 43.5. The maximum atomic E-state index is 6.79. The van der Waals surface area contributed by atoms with Gasteiger partial charge in [-0.3, -0.25) is 0 Å². The summed E-state index contributed by atoms with van der Waals surface area (Å²) >= 11 is 24.1. The van der Waals surface area contributed by atoms with Crippen LogP contribution in [0.3, 0.4) is 0 Å². The zero-order chi connectivity index (χ0) is 49.5. The molecule has 0 spiro atoms. The first-order valence-corrected chi connectivity index (χ1v) is 25.4. The Morgan fingerprint density at radius 2 is 0.849 bits per heavy atom. The summed E-state index contributed by atoms with van der Waals surface area (Å²) in [6.07, 6.45) is 18.1. The molecule has 3 aromatic heterocycles. The molecule has 0 unspecified atom stereocenters. The molecule has 9 rings (SSSR count). The van der Waals surface area contributed by atoms with Crippen LogP contribution in [-0.2, 0) is 17.1 Å². The number of aromatic amines is 1. The van der Waals surface area contributed by atoms with E-state index in [-0.39, 0.29) is 17.1 Å². The molecule has 13 heteroatoms. The number of H-pyrrole nitrogens is 1. The van der Waals surface area contributed by atoms with Crippen LogP contribution in [0.1, 0.15) is 48.5 Å². The molecule has 8 nitrogen and oxygen atoms in total. The Morgan fingerprint density at radius 1 is 0.438 bits per heavy atom. The third kappa shape index (κ3) is 12.6. The molecular formula is C60H50Cl4CuN4O4. The van der Waals surface area contributed by atoms with Crippen molar-refractivity contribution in [2.75, 3.05) is 26.4 Å². The predicted octanol–water partition coefficient (Wildman–Crippen LogP) is 17.2. The minimum absolute atomic E-state index is 0. The van der Waals surface area contributed by atoms with E-state index in [0.29, 0.717) is 80.8 Å². The van der Waals surface area contributed by atoms with E-state index in [1.165, 1.54) is 22.1 Å². The maximum absolute atomic E-state index is 6.79. The first-order chi connectivity index (χ1) is 35.6. The van der Waals surface area contributed by atoms with Gasteiger partial charge in [0, 0.05) is 109 Å². The second kappa shape index (κ2) is 26.3. The molecule has 0 saturated carbocycles. The van der Waals surface area contributed by atoms with Gasteiger partial charge in [0.05, 0.1) is 65.9 Å². The van der Waals surface area contributed by atoms with Crippen molar-refractivity contribution in [1.82, 2.24) is 19.5 Å². The van der Waals surface area contributed by atoms with Gasteiger partial charge in [-0.1, -0.05) is 137 Å². The molecule has 0 aliphatic carbocycles. The van der Waals surface area contributed by atoms with E-state index < -0.39 is 0 Å². The predicted molar refractivity (Wildman–Crippen MR) is 301 cm³/mol. The monoisotopic (exact) mass is 1090 g/mol. The molecule has 373 valence electrons. The Morgan fingerprint density at radius 3 is 1.37 bits per heavy atom. The van der Waals surface area contributed by atoms with Gasteiger partial charge in [0.15, 0.2) is 0 Å². The number of nitrogens with zero attached hydrogens (tertiary/aromatic N) is 3. The summed E-state index contributed by atoms with van der Waals surface area (Å²) in [6, 6.07) is 42.7. The van der Waals surface area contributed by atoms with Crippen molar-refractivity contribution < 1.29 is 36.0 Å². The fraction of sp³-hybridized carbons (Fsp3) is 0.133. The molecule has 73 heavy (non-hydrogen) atoms. The molecule has 4 aromatic carbocycles. The number of benzene rings is 4. The van der Waals surface area contributed by atoms with E-state index in [4.69, 9.17) is 75.3 Å². The number of nitrogens with one attached hydrogen (secondary N) is 1. The van der Waals surface area contributed by atoms with Crippen LogP contribution in [0.2, 0.25) is 0 Å². The van der Waals surface area contributed by atoms with Crippen molar-refractivity contribution in [3.05, 3.63) is 197 Å². The zero-order valence-electron chi connectivity index (χ0n) is 39.5. The number of hydrogen-bond acceptors (Lipinski definition) is 6. The van der Waals surface area contributed by atoms with Crippen LogP contribution in [0.4, 0.5) is 0 Å². The normalized spacial score (nSPS) is 12.1. The Bertz CT molecular complexity index is 3410. The van der Waals surface area contributed by atoms with Crippen LogP contribution in [0.15, 0.2) is 174 Å².